The maximum atomic E-state index is 11.2. The Morgan fingerprint density at radius 2 is 2.62 bits per heavy atom. The summed E-state index contributed by atoms with van der Waals surface area (Å²) < 4.78 is 4.76. The molecule has 4 heteroatoms. The van der Waals surface area contributed by atoms with Gasteiger partial charge in [-0.2, -0.15) is 5.26 Å². The van der Waals surface area contributed by atoms with Crippen LogP contribution in [0.15, 0.2) is 24.0 Å². The van der Waals surface area contributed by atoms with Gasteiger partial charge in [0.15, 0.2) is 0 Å². The number of nitrogens with zero attached hydrogens (tertiary/aromatic N) is 2. The highest BCUT2D eigenvalue weighted by atomic mass is 16.5. The summed E-state index contributed by atoms with van der Waals surface area (Å²) in [5.74, 6) is 0. The number of nitriles is 1. The quantitative estimate of drug-likeness (QED) is 0.614. The van der Waals surface area contributed by atoms with Crippen LogP contribution in [0.25, 0.3) is 0 Å². The lowest BCUT2D eigenvalue weighted by Crippen LogP contribution is -2.22. The molecule has 0 N–H and O–H groups in total. The van der Waals surface area contributed by atoms with Crippen LogP contribution in [-0.2, 0) is 4.74 Å². The minimum absolute atomic E-state index is 0.332. The number of allylic oxidation sites excluding steroid dienone is 2. The zero-order chi connectivity index (χ0) is 9.68. The summed E-state index contributed by atoms with van der Waals surface area (Å²) in [6.07, 6.45) is 4.95. The first kappa shape index (κ1) is 9.33. The highest BCUT2D eigenvalue weighted by Gasteiger charge is 2.12. The number of hydrogen-bond donors (Lipinski definition) is 0. The fourth-order valence-corrected chi connectivity index (χ4v) is 0.943. The molecule has 0 saturated carbocycles. The Morgan fingerprint density at radius 3 is 3.23 bits per heavy atom. The Hall–Kier alpha value is -1.76. The van der Waals surface area contributed by atoms with Gasteiger partial charge in [0.1, 0.15) is 0 Å². The summed E-state index contributed by atoms with van der Waals surface area (Å²) >= 11 is 0. The highest BCUT2D eigenvalue weighted by molar-refractivity contribution is 5.70. The maximum absolute atomic E-state index is 11.2. The minimum atomic E-state index is -0.453. The molecule has 0 saturated heterocycles. The van der Waals surface area contributed by atoms with Crippen molar-refractivity contribution in [3.8, 4) is 6.07 Å². The second-order valence-electron chi connectivity index (χ2n) is 2.46. The Bertz CT molecular complexity index is 299. The molecule has 0 fully saturated rings. The molecular weight excluding hydrogens is 168 g/mol. The van der Waals surface area contributed by atoms with Crippen molar-refractivity contribution in [2.45, 2.75) is 13.3 Å². The molecule has 0 spiro atoms. The van der Waals surface area contributed by atoms with Gasteiger partial charge in [0, 0.05) is 18.8 Å². The predicted molar refractivity (Wildman–Crippen MR) is 46.3 cm³/mol. The third-order valence-electron chi connectivity index (χ3n) is 1.52. The van der Waals surface area contributed by atoms with Crippen LogP contribution >= 0.6 is 0 Å². The molecule has 0 aromatic heterocycles. The molecule has 0 aliphatic carbocycles. The minimum Gasteiger partial charge on any atom is -0.449 e. The molecule has 0 radical (unpaired) electrons. The average molecular weight is 178 g/mol. The third kappa shape index (κ3) is 2.34. The van der Waals surface area contributed by atoms with Gasteiger partial charge in [-0.05, 0) is 6.92 Å². The van der Waals surface area contributed by atoms with E-state index in [1.54, 1.807) is 19.2 Å². The van der Waals surface area contributed by atoms with Crippen LogP contribution in [0.5, 0.6) is 0 Å². The van der Waals surface area contributed by atoms with Crippen LogP contribution in [-0.4, -0.2) is 17.6 Å². The van der Waals surface area contributed by atoms with Crippen molar-refractivity contribution >= 4 is 6.09 Å². The number of rotatable bonds is 1. The van der Waals surface area contributed by atoms with Crippen LogP contribution in [0.2, 0.25) is 0 Å². The fourth-order valence-electron chi connectivity index (χ4n) is 0.943. The van der Waals surface area contributed by atoms with E-state index in [1.807, 2.05) is 6.07 Å². The van der Waals surface area contributed by atoms with E-state index >= 15 is 0 Å². The Labute approximate surface area is 76.7 Å². The summed E-state index contributed by atoms with van der Waals surface area (Å²) in [7, 11) is 0. The third-order valence-corrected chi connectivity index (χ3v) is 1.52. The molecular formula is C9H10N2O2. The van der Waals surface area contributed by atoms with Gasteiger partial charge in [0.05, 0.1) is 18.2 Å². The number of amides is 1. The standard InChI is InChI=1S/C9H10N2O2/c1-2-13-9(12)11-5-3-4-8(6-10)7-11/h3,5,7H,2,4H2,1H3. The molecule has 1 rings (SSSR count). The Morgan fingerprint density at radius 1 is 1.85 bits per heavy atom. The van der Waals surface area contributed by atoms with Crippen molar-refractivity contribution in [3.63, 3.8) is 0 Å². The van der Waals surface area contributed by atoms with Crippen molar-refractivity contribution in [3.05, 3.63) is 24.0 Å². The van der Waals surface area contributed by atoms with E-state index < -0.39 is 6.09 Å². The molecule has 0 unspecified atom stereocenters. The van der Waals surface area contributed by atoms with Gasteiger partial charge in [-0.15, -0.1) is 0 Å². The second kappa shape index (κ2) is 4.31. The van der Waals surface area contributed by atoms with E-state index in [0.717, 1.165) is 0 Å². The van der Waals surface area contributed by atoms with Crippen molar-refractivity contribution in [2.24, 2.45) is 0 Å². The molecule has 13 heavy (non-hydrogen) atoms. The zero-order valence-corrected chi connectivity index (χ0v) is 7.36. The summed E-state index contributed by atoms with van der Waals surface area (Å²) in [6, 6.07) is 1.99. The van der Waals surface area contributed by atoms with E-state index in [1.165, 1.54) is 11.1 Å². The molecule has 0 aromatic rings. The average Bonchev–Trinajstić information content (AvgIpc) is 2.18. The van der Waals surface area contributed by atoms with Gasteiger partial charge < -0.3 is 4.74 Å². The normalized spacial score (nSPS) is 14.8. The molecule has 1 amide bonds. The monoisotopic (exact) mass is 178 g/mol. The van der Waals surface area contributed by atoms with Gasteiger partial charge in [0.25, 0.3) is 0 Å². The molecule has 68 valence electrons. The van der Waals surface area contributed by atoms with E-state index in [9.17, 15) is 4.79 Å². The summed E-state index contributed by atoms with van der Waals surface area (Å²) in [6.45, 7) is 2.07. The maximum Gasteiger partial charge on any atom is 0.417 e. The van der Waals surface area contributed by atoms with Crippen molar-refractivity contribution in [1.29, 1.82) is 5.26 Å². The summed E-state index contributed by atoms with van der Waals surface area (Å²) in [5.41, 5.74) is 0.551. The van der Waals surface area contributed by atoms with Gasteiger partial charge >= 0.3 is 6.09 Å². The SMILES string of the molecule is CCOC(=O)N1C=CCC(C#N)=C1. The first-order chi connectivity index (χ1) is 6.27. The van der Waals surface area contributed by atoms with Crippen LogP contribution in [0.4, 0.5) is 4.79 Å². The van der Waals surface area contributed by atoms with Gasteiger partial charge in [-0.1, -0.05) is 6.08 Å². The van der Waals surface area contributed by atoms with Crippen LogP contribution in [0, 0.1) is 11.3 Å². The molecule has 1 heterocycles. The van der Waals surface area contributed by atoms with Gasteiger partial charge in [0.2, 0.25) is 0 Å². The fraction of sp³-hybridized carbons (Fsp3) is 0.333. The smallest absolute Gasteiger partial charge is 0.417 e. The lowest BCUT2D eigenvalue weighted by Gasteiger charge is -2.16. The highest BCUT2D eigenvalue weighted by Crippen LogP contribution is 2.11. The van der Waals surface area contributed by atoms with Gasteiger partial charge in [-0.3, -0.25) is 4.90 Å². The molecule has 0 bridgehead atoms. The predicted octanol–water partition coefficient (Wildman–Crippen LogP) is 1.77. The van der Waals surface area contributed by atoms with E-state index in [-0.39, 0.29) is 0 Å². The number of hydrogen-bond acceptors (Lipinski definition) is 3. The first-order valence-corrected chi connectivity index (χ1v) is 4.00. The number of ether oxygens (including phenoxy) is 1. The Kier molecular flexibility index (Phi) is 3.09. The van der Waals surface area contributed by atoms with E-state index in [0.29, 0.717) is 18.6 Å². The van der Waals surface area contributed by atoms with Crippen LogP contribution in [0.1, 0.15) is 13.3 Å². The number of carbonyl (C=O) groups excluding carboxylic acids is 1. The lowest BCUT2D eigenvalue weighted by atomic mass is 10.2. The summed E-state index contributed by atoms with van der Waals surface area (Å²) in [4.78, 5) is 12.4. The summed E-state index contributed by atoms with van der Waals surface area (Å²) in [5, 5.41) is 8.59. The lowest BCUT2D eigenvalue weighted by molar-refractivity contribution is 0.133. The Balaban J connectivity index is 2.66. The van der Waals surface area contributed by atoms with E-state index in [4.69, 9.17) is 10.00 Å². The largest absolute Gasteiger partial charge is 0.449 e. The van der Waals surface area contributed by atoms with E-state index in [2.05, 4.69) is 0 Å². The molecule has 1 aliphatic heterocycles. The molecule has 1 aliphatic rings. The van der Waals surface area contributed by atoms with Crippen molar-refractivity contribution in [1.82, 2.24) is 4.90 Å². The van der Waals surface area contributed by atoms with Gasteiger partial charge in [-0.25, -0.2) is 4.79 Å². The van der Waals surface area contributed by atoms with Crippen molar-refractivity contribution in [2.75, 3.05) is 6.61 Å². The molecule has 0 atom stereocenters. The molecule has 4 nitrogen and oxygen atoms in total. The molecule has 0 aromatic carbocycles. The first-order valence-electron chi connectivity index (χ1n) is 4.00. The van der Waals surface area contributed by atoms with Crippen LogP contribution < -0.4 is 0 Å². The van der Waals surface area contributed by atoms with Crippen molar-refractivity contribution < 1.29 is 9.53 Å². The van der Waals surface area contributed by atoms with Crippen LogP contribution in [0.3, 0.4) is 0 Å². The number of carbonyl (C=O) groups is 1. The topological polar surface area (TPSA) is 53.3 Å². The zero-order valence-electron chi connectivity index (χ0n) is 7.36. The second-order valence-corrected chi connectivity index (χ2v) is 2.46.